The van der Waals surface area contributed by atoms with Crippen molar-refractivity contribution in [2.75, 3.05) is 24.6 Å². The molecule has 22 heavy (non-hydrogen) atoms. The zero-order valence-corrected chi connectivity index (χ0v) is 12.5. The number of H-pyrrole nitrogens is 1. The van der Waals surface area contributed by atoms with E-state index in [1.54, 1.807) is 17.2 Å². The van der Waals surface area contributed by atoms with E-state index in [4.69, 9.17) is 4.74 Å². The highest BCUT2D eigenvalue weighted by molar-refractivity contribution is 5.86. The van der Waals surface area contributed by atoms with E-state index in [0.29, 0.717) is 13.2 Å². The van der Waals surface area contributed by atoms with Crippen molar-refractivity contribution >= 4 is 16.9 Å². The first-order valence-corrected chi connectivity index (χ1v) is 7.18. The van der Waals surface area contributed by atoms with Crippen LogP contribution in [0.5, 0.6) is 0 Å². The number of morpholine rings is 1. The number of fused-ring (bicyclic) bond motifs is 1. The molecule has 114 valence electrons. The molecule has 0 bridgehead atoms. The molecule has 3 aromatic rings. The molecule has 3 aromatic heterocycles. The maximum Gasteiger partial charge on any atom is 0.160 e. The molecule has 4 rings (SSSR count). The highest BCUT2D eigenvalue weighted by atomic mass is 16.5. The minimum atomic E-state index is -0.409. The molecule has 0 amide bonds. The molecule has 1 N–H and O–H groups in total. The number of hydrogen-bond acceptors (Lipinski definition) is 6. The molecule has 0 spiro atoms. The summed E-state index contributed by atoms with van der Waals surface area (Å²) in [6.07, 6.45) is 7.18. The first-order valence-electron chi connectivity index (χ1n) is 7.18. The summed E-state index contributed by atoms with van der Waals surface area (Å²) in [6.45, 7) is 4.21. The Hall–Kier alpha value is -2.48. The molecular formula is C14H17N7O. The third-order valence-electron chi connectivity index (χ3n) is 4.12. The van der Waals surface area contributed by atoms with Gasteiger partial charge < -0.3 is 9.64 Å². The van der Waals surface area contributed by atoms with Gasteiger partial charge in [0.15, 0.2) is 5.65 Å². The molecule has 0 saturated carbocycles. The summed E-state index contributed by atoms with van der Waals surface area (Å²) in [4.78, 5) is 10.9. The van der Waals surface area contributed by atoms with Gasteiger partial charge in [-0.25, -0.2) is 9.97 Å². The summed E-state index contributed by atoms with van der Waals surface area (Å²) in [5.74, 6) is 0.886. The molecule has 4 heterocycles. The van der Waals surface area contributed by atoms with E-state index in [-0.39, 0.29) is 0 Å². The van der Waals surface area contributed by atoms with Gasteiger partial charge in [0.05, 0.1) is 30.9 Å². The standard InChI is InChI=1S/C14H17N7O/c1-14(10-5-18-20(2)7-10)8-21(3-4-22-14)13-11-6-17-19-12(11)15-9-16-13/h5-7,9H,3-4,8H2,1-2H3,(H,15,16,17,19). The topological polar surface area (TPSA) is 84.8 Å². The van der Waals surface area contributed by atoms with Crippen molar-refractivity contribution in [1.82, 2.24) is 29.9 Å². The van der Waals surface area contributed by atoms with Gasteiger partial charge in [0.25, 0.3) is 0 Å². The number of anilines is 1. The molecule has 1 unspecified atom stereocenters. The average molecular weight is 299 g/mol. The van der Waals surface area contributed by atoms with Gasteiger partial charge >= 0.3 is 0 Å². The summed E-state index contributed by atoms with van der Waals surface area (Å²) >= 11 is 0. The van der Waals surface area contributed by atoms with Crippen LogP contribution in [-0.4, -0.2) is 49.6 Å². The van der Waals surface area contributed by atoms with Gasteiger partial charge in [-0.1, -0.05) is 0 Å². The Morgan fingerprint density at radius 3 is 3.05 bits per heavy atom. The maximum atomic E-state index is 6.05. The van der Waals surface area contributed by atoms with Crippen molar-refractivity contribution in [2.24, 2.45) is 7.05 Å². The maximum absolute atomic E-state index is 6.05. The van der Waals surface area contributed by atoms with E-state index >= 15 is 0 Å². The summed E-state index contributed by atoms with van der Waals surface area (Å²) in [6, 6.07) is 0. The van der Waals surface area contributed by atoms with Crippen LogP contribution in [0.15, 0.2) is 24.9 Å². The second kappa shape index (κ2) is 4.77. The minimum absolute atomic E-state index is 0.409. The highest BCUT2D eigenvalue weighted by Gasteiger charge is 2.36. The normalized spacial score (nSPS) is 22.4. The van der Waals surface area contributed by atoms with Crippen molar-refractivity contribution < 1.29 is 4.74 Å². The number of hydrogen-bond donors (Lipinski definition) is 1. The second-order valence-electron chi connectivity index (χ2n) is 5.73. The highest BCUT2D eigenvalue weighted by Crippen LogP contribution is 2.32. The third-order valence-corrected chi connectivity index (χ3v) is 4.12. The van der Waals surface area contributed by atoms with Crippen molar-refractivity contribution in [2.45, 2.75) is 12.5 Å². The van der Waals surface area contributed by atoms with Crippen molar-refractivity contribution in [3.8, 4) is 0 Å². The van der Waals surface area contributed by atoms with Gasteiger partial charge in [0.1, 0.15) is 17.7 Å². The van der Waals surface area contributed by atoms with Gasteiger partial charge in [-0.15, -0.1) is 0 Å². The quantitative estimate of drug-likeness (QED) is 0.755. The van der Waals surface area contributed by atoms with E-state index in [1.165, 1.54) is 0 Å². The largest absolute Gasteiger partial charge is 0.367 e. The predicted molar refractivity (Wildman–Crippen MR) is 80.4 cm³/mol. The number of nitrogens with one attached hydrogen (secondary N) is 1. The molecule has 0 aromatic carbocycles. The van der Waals surface area contributed by atoms with Crippen molar-refractivity contribution in [1.29, 1.82) is 0 Å². The van der Waals surface area contributed by atoms with Crippen LogP contribution >= 0.6 is 0 Å². The molecule has 8 heteroatoms. The van der Waals surface area contributed by atoms with E-state index in [9.17, 15) is 0 Å². The van der Waals surface area contributed by atoms with Gasteiger partial charge in [-0.3, -0.25) is 9.78 Å². The summed E-state index contributed by atoms with van der Waals surface area (Å²) in [7, 11) is 1.91. The fourth-order valence-electron chi connectivity index (χ4n) is 2.92. The van der Waals surface area contributed by atoms with Crippen LogP contribution in [0.3, 0.4) is 0 Å². The van der Waals surface area contributed by atoms with Crippen LogP contribution in [0.25, 0.3) is 11.0 Å². The molecular weight excluding hydrogens is 282 g/mol. The van der Waals surface area contributed by atoms with Crippen LogP contribution in [0, 0.1) is 0 Å². The summed E-state index contributed by atoms with van der Waals surface area (Å²) in [5.41, 5.74) is 1.41. The first kappa shape index (κ1) is 13.2. The first-order chi connectivity index (χ1) is 10.7. The second-order valence-corrected chi connectivity index (χ2v) is 5.73. The molecule has 1 fully saturated rings. The Morgan fingerprint density at radius 1 is 1.32 bits per heavy atom. The van der Waals surface area contributed by atoms with E-state index in [1.807, 2.05) is 19.4 Å². The zero-order valence-electron chi connectivity index (χ0n) is 12.5. The fourth-order valence-corrected chi connectivity index (χ4v) is 2.92. The Kier molecular flexibility index (Phi) is 2.86. The number of aryl methyl sites for hydroxylation is 1. The zero-order chi connectivity index (χ0) is 15.2. The lowest BCUT2D eigenvalue weighted by atomic mass is 9.97. The Morgan fingerprint density at radius 2 is 2.23 bits per heavy atom. The Balaban J connectivity index is 1.70. The number of aromatic nitrogens is 6. The monoisotopic (exact) mass is 299 g/mol. The number of aromatic amines is 1. The van der Waals surface area contributed by atoms with E-state index < -0.39 is 5.60 Å². The third kappa shape index (κ3) is 2.03. The lowest BCUT2D eigenvalue weighted by molar-refractivity contribution is -0.0467. The summed E-state index contributed by atoms with van der Waals surface area (Å²) < 4.78 is 7.84. The van der Waals surface area contributed by atoms with Gasteiger partial charge in [-0.05, 0) is 6.92 Å². The number of nitrogens with zero attached hydrogens (tertiary/aromatic N) is 6. The number of ether oxygens (including phenoxy) is 1. The van der Waals surface area contributed by atoms with Crippen LogP contribution in [0.1, 0.15) is 12.5 Å². The molecule has 0 aliphatic carbocycles. The van der Waals surface area contributed by atoms with Crippen LogP contribution in [0.2, 0.25) is 0 Å². The molecule has 0 radical (unpaired) electrons. The van der Waals surface area contributed by atoms with Crippen LogP contribution < -0.4 is 4.90 Å². The van der Waals surface area contributed by atoms with Gasteiger partial charge in [0, 0.05) is 25.4 Å². The van der Waals surface area contributed by atoms with Gasteiger partial charge in [0.2, 0.25) is 0 Å². The molecule has 1 aliphatic rings. The van der Waals surface area contributed by atoms with Gasteiger partial charge in [-0.2, -0.15) is 10.2 Å². The van der Waals surface area contributed by atoms with Crippen LogP contribution in [-0.2, 0) is 17.4 Å². The predicted octanol–water partition coefficient (Wildman–Crippen LogP) is 0.838. The van der Waals surface area contributed by atoms with E-state index in [0.717, 1.165) is 29.0 Å². The Labute approximate surface area is 127 Å². The van der Waals surface area contributed by atoms with Crippen LogP contribution in [0.4, 0.5) is 5.82 Å². The van der Waals surface area contributed by atoms with Crippen molar-refractivity contribution in [3.05, 3.63) is 30.5 Å². The minimum Gasteiger partial charge on any atom is -0.367 e. The lowest BCUT2D eigenvalue weighted by Gasteiger charge is -2.40. The number of rotatable bonds is 2. The molecule has 1 saturated heterocycles. The summed E-state index contributed by atoms with van der Waals surface area (Å²) in [5, 5.41) is 12.1. The SMILES string of the molecule is Cn1cc(C2(C)CN(c3ncnc4[nH]ncc34)CCO2)cn1. The van der Waals surface area contributed by atoms with E-state index in [2.05, 4.69) is 37.1 Å². The smallest absolute Gasteiger partial charge is 0.160 e. The lowest BCUT2D eigenvalue weighted by Crippen LogP contribution is -2.48. The molecule has 1 atom stereocenters. The molecule has 1 aliphatic heterocycles. The average Bonchev–Trinajstić information content (AvgIpc) is 3.15. The molecule has 8 nitrogen and oxygen atoms in total. The fraction of sp³-hybridized carbons (Fsp3) is 0.429. The Bertz CT molecular complexity index is 810. The van der Waals surface area contributed by atoms with Crippen molar-refractivity contribution in [3.63, 3.8) is 0 Å².